The molecule has 1 aliphatic rings. The van der Waals surface area contributed by atoms with Crippen LogP contribution in [0.5, 0.6) is 0 Å². The van der Waals surface area contributed by atoms with Gasteiger partial charge in [0.1, 0.15) is 5.76 Å². The van der Waals surface area contributed by atoms with Crippen molar-refractivity contribution in [3.8, 4) is 0 Å². The molecule has 0 saturated heterocycles. The van der Waals surface area contributed by atoms with Crippen molar-refractivity contribution in [3.05, 3.63) is 23.7 Å². The first-order valence-corrected chi connectivity index (χ1v) is 6.74. The molecule has 0 aromatic carbocycles. The van der Waals surface area contributed by atoms with Gasteiger partial charge in [-0.3, -0.25) is 4.90 Å². The molecule has 0 atom stereocenters. The van der Waals surface area contributed by atoms with Gasteiger partial charge in [-0.1, -0.05) is 13.3 Å². The number of hydrogen-bond acceptors (Lipinski definition) is 3. The highest BCUT2D eigenvalue weighted by molar-refractivity contribution is 5.16. The second kappa shape index (κ2) is 6.22. The summed E-state index contributed by atoms with van der Waals surface area (Å²) in [6.45, 7) is 6.19. The number of nitrogens with one attached hydrogen (secondary N) is 1. The third-order valence-corrected chi connectivity index (χ3v) is 3.61. The van der Waals surface area contributed by atoms with Crippen LogP contribution in [0.4, 0.5) is 0 Å². The second-order valence-corrected chi connectivity index (χ2v) is 5.14. The van der Waals surface area contributed by atoms with Gasteiger partial charge in [-0.2, -0.15) is 0 Å². The summed E-state index contributed by atoms with van der Waals surface area (Å²) >= 11 is 0. The van der Waals surface area contributed by atoms with E-state index in [0.29, 0.717) is 0 Å². The average molecular weight is 236 g/mol. The monoisotopic (exact) mass is 236 g/mol. The van der Waals surface area contributed by atoms with Crippen LogP contribution in [0.15, 0.2) is 16.7 Å². The van der Waals surface area contributed by atoms with E-state index >= 15 is 0 Å². The number of hydrogen-bond donors (Lipinski definition) is 1. The molecular formula is C14H24N2O. The molecule has 1 saturated carbocycles. The van der Waals surface area contributed by atoms with E-state index in [9.17, 15) is 0 Å². The van der Waals surface area contributed by atoms with Crippen LogP contribution in [0, 0.1) is 5.92 Å². The Bertz CT molecular complexity index is 331. The normalized spacial score (nSPS) is 16.4. The summed E-state index contributed by atoms with van der Waals surface area (Å²) in [5, 5.41) is 3.35. The molecule has 1 heterocycles. The minimum atomic E-state index is 0.916. The summed E-state index contributed by atoms with van der Waals surface area (Å²) < 4.78 is 5.58. The van der Waals surface area contributed by atoms with Crippen molar-refractivity contribution in [3.63, 3.8) is 0 Å². The van der Waals surface area contributed by atoms with Crippen LogP contribution in [0.3, 0.4) is 0 Å². The summed E-state index contributed by atoms with van der Waals surface area (Å²) in [5.41, 5.74) is 1.30. The molecule has 3 nitrogen and oxygen atoms in total. The summed E-state index contributed by atoms with van der Waals surface area (Å²) in [6, 6.07) is 2.08. The van der Waals surface area contributed by atoms with Crippen LogP contribution in [0.1, 0.15) is 37.5 Å². The van der Waals surface area contributed by atoms with Crippen molar-refractivity contribution in [2.75, 3.05) is 20.1 Å². The fourth-order valence-corrected chi connectivity index (χ4v) is 2.35. The van der Waals surface area contributed by atoms with Gasteiger partial charge in [-0.05, 0) is 38.4 Å². The van der Waals surface area contributed by atoms with E-state index in [0.717, 1.165) is 31.3 Å². The molecular weight excluding hydrogens is 212 g/mol. The third kappa shape index (κ3) is 3.58. The van der Waals surface area contributed by atoms with E-state index in [1.54, 1.807) is 6.26 Å². The molecule has 96 valence electrons. The highest BCUT2D eigenvalue weighted by Gasteiger charge is 2.19. The van der Waals surface area contributed by atoms with E-state index in [-0.39, 0.29) is 0 Å². The molecule has 1 aromatic heterocycles. The molecule has 1 aromatic rings. The van der Waals surface area contributed by atoms with Crippen LogP contribution in [0.2, 0.25) is 0 Å². The van der Waals surface area contributed by atoms with Gasteiger partial charge in [-0.25, -0.2) is 0 Å². The number of rotatable bonds is 7. The predicted molar refractivity (Wildman–Crippen MR) is 69.8 cm³/mol. The minimum absolute atomic E-state index is 0.916. The van der Waals surface area contributed by atoms with Gasteiger partial charge in [0.15, 0.2) is 0 Å². The fraction of sp³-hybridized carbons (Fsp3) is 0.714. The van der Waals surface area contributed by atoms with Crippen molar-refractivity contribution in [2.24, 2.45) is 5.92 Å². The van der Waals surface area contributed by atoms with Crippen LogP contribution in [0.25, 0.3) is 0 Å². The molecule has 17 heavy (non-hydrogen) atoms. The SMILES string of the molecule is CCNCc1ccoc1CN(C)CC1CCC1. The smallest absolute Gasteiger partial charge is 0.122 e. The standard InChI is InChI=1S/C14H24N2O/c1-3-15-9-13-7-8-17-14(13)11-16(2)10-12-5-4-6-12/h7-8,12,15H,3-6,9-11H2,1-2H3. The zero-order chi connectivity index (χ0) is 12.1. The third-order valence-electron chi connectivity index (χ3n) is 3.61. The molecule has 0 unspecified atom stereocenters. The van der Waals surface area contributed by atoms with Crippen molar-refractivity contribution in [2.45, 2.75) is 39.3 Å². The zero-order valence-electron chi connectivity index (χ0n) is 11.0. The Morgan fingerprint density at radius 1 is 1.47 bits per heavy atom. The van der Waals surface area contributed by atoms with E-state index in [1.165, 1.54) is 31.4 Å². The molecule has 1 aliphatic carbocycles. The van der Waals surface area contributed by atoms with Crippen molar-refractivity contribution >= 4 is 0 Å². The largest absolute Gasteiger partial charge is 0.468 e. The second-order valence-electron chi connectivity index (χ2n) is 5.14. The summed E-state index contributed by atoms with van der Waals surface area (Å²) in [5.74, 6) is 2.04. The van der Waals surface area contributed by atoms with E-state index < -0.39 is 0 Å². The first kappa shape index (κ1) is 12.7. The van der Waals surface area contributed by atoms with Gasteiger partial charge in [0.2, 0.25) is 0 Å². The van der Waals surface area contributed by atoms with Gasteiger partial charge < -0.3 is 9.73 Å². The quantitative estimate of drug-likeness (QED) is 0.789. The summed E-state index contributed by atoms with van der Waals surface area (Å²) in [6.07, 6.45) is 6.05. The van der Waals surface area contributed by atoms with Crippen LogP contribution < -0.4 is 5.32 Å². The molecule has 3 heteroatoms. The molecule has 2 rings (SSSR count). The molecule has 0 radical (unpaired) electrons. The van der Waals surface area contributed by atoms with E-state index in [1.807, 2.05) is 0 Å². The number of nitrogens with zero attached hydrogens (tertiary/aromatic N) is 1. The lowest BCUT2D eigenvalue weighted by Gasteiger charge is -2.29. The predicted octanol–water partition coefficient (Wildman–Crippen LogP) is 2.62. The molecule has 1 fully saturated rings. The Labute approximate surface area is 104 Å². The van der Waals surface area contributed by atoms with E-state index in [4.69, 9.17) is 4.42 Å². The Balaban J connectivity index is 1.81. The Morgan fingerprint density at radius 3 is 2.94 bits per heavy atom. The van der Waals surface area contributed by atoms with Gasteiger partial charge in [0.25, 0.3) is 0 Å². The van der Waals surface area contributed by atoms with Crippen LogP contribution in [-0.4, -0.2) is 25.0 Å². The molecule has 0 spiro atoms. The lowest BCUT2D eigenvalue weighted by molar-refractivity contribution is 0.190. The zero-order valence-corrected chi connectivity index (χ0v) is 11.0. The Morgan fingerprint density at radius 2 is 2.29 bits per heavy atom. The first-order valence-electron chi connectivity index (χ1n) is 6.74. The fourth-order valence-electron chi connectivity index (χ4n) is 2.35. The van der Waals surface area contributed by atoms with Crippen molar-refractivity contribution < 1.29 is 4.42 Å². The summed E-state index contributed by atoms with van der Waals surface area (Å²) in [4.78, 5) is 2.39. The maximum absolute atomic E-state index is 5.58. The van der Waals surface area contributed by atoms with Gasteiger partial charge in [0.05, 0.1) is 12.8 Å². The first-order chi connectivity index (χ1) is 8.29. The van der Waals surface area contributed by atoms with Gasteiger partial charge in [0, 0.05) is 18.7 Å². The average Bonchev–Trinajstić information content (AvgIpc) is 2.68. The Hall–Kier alpha value is -0.800. The molecule has 0 bridgehead atoms. The lowest BCUT2D eigenvalue weighted by Crippen LogP contribution is -2.29. The summed E-state index contributed by atoms with van der Waals surface area (Å²) in [7, 11) is 2.19. The van der Waals surface area contributed by atoms with Crippen molar-refractivity contribution in [1.82, 2.24) is 10.2 Å². The van der Waals surface area contributed by atoms with E-state index in [2.05, 4.69) is 30.3 Å². The number of furan rings is 1. The molecule has 0 aliphatic heterocycles. The topological polar surface area (TPSA) is 28.4 Å². The highest BCUT2D eigenvalue weighted by atomic mass is 16.3. The highest BCUT2D eigenvalue weighted by Crippen LogP contribution is 2.27. The van der Waals surface area contributed by atoms with Gasteiger partial charge in [-0.15, -0.1) is 0 Å². The van der Waals surface area contributed by atoms with Gasteiger partial charge >= 0.3 is 0 Å². The van der Waals surface area contributed by atoms with Crippen LogP contribution in [-0.2, 0) is 13.1 Å². The van der Waals surface area contributed by atoms with Crippen LogP contribution >= 0.6 is 0 Å². The van der Waals surface area contributed by atoms with Crippen molar-refractivity contribution in [1.29, 1.82) is 0 Å². The maximum Gasteiger partial charge on any atom is 0.122 e. The minimum Gasteiger partial charge on any atom is -0.468 e. The Kier molecular flexibility index (Phi) is 4.63. The maximum atomic E-state index is 5.58. The molecule has 0 amide bonds. The lowest BCUT2D eigenvalue weighted by atomic mass is 9.85. The molecule has 1 N–H and O–H groups in total.